The first-order valence-corrected chi connectivity index (χ1v) is 4.91. The number of thiazole rings is 1. The van der Waals surface area contributed by atoms with Gasteiger partial charge in [-0.1, -0.05) is 0 Å². The molecule has 6 nitrogen and oxygen atoms in total. The maximum absolute atomic E-state index is 11.1. The van der Waals surface area contributed by atoms with Gasteiger partial charge >= 0.3 is 5.97 Å². The Morgan fingerprint density at radius 3 is 2.87 bits per heavy atom. The van der Waals surface area contributed by atoms with Crippen molar-refractivity contribution in [3.63, 3.8) is 0 Å². The van der Waals surface area contributed by atoms with Crippen LogP contribution < -0.4 is 5.32 Å². The standard InChI is InChI=1S/C8H10N2O4S/c1-5-2-9-8(15-5)10-6(11)3-14-4-7(12)13/h2H,3-4H2,1H3,(H,12,13)(H,9,10,11). The molecule has 0 aliphatic rings. The Morgan fingerprint density at radius 2 is 2.33 bits per heavy atom. The average molecular weight is 230 g/mol. The molecule has 0 saturated heterocycles. The average Bonchev–Trinajstić information content (AvgIpc) is 2.50. The highest BCUT2D eigenvalue weighted by atomic mass is 32.1. The summed E-state index contributed by atoms with van der Waals surface area (Å²) in [5.41, 5.74) is 0. The first-order valence-electron chi connectivity index (χ1n) is 4.10. The van der Waals surface area contributed by atoms with Crippen LogP contribution in [0.15, 0.2) is 6.20 Å². The molecule has 82 valence electrons. The van der Waals surface area contributed by atoms with E-state index in [1.165, 1.54) is 11.3 Å². The molecular weight excluding hydrogens is 220 g/mol. The number of aliphatic carboxylic acids is 1. The summed E-state index contributed by atoms with van der Waals surface area (Å²) < 4.78 is 4.60. The van der Waals surface area contributed by atoms with Gasteiger partial charge in [-0.05, 0) is 6.92 Å². The molecule has 1 amide bonds. The minimum absolute atomic E-state index is 0.287. The number of anilines is 1. The van der Waals surface area contributed by atoms with Crippen LogP contribution in [0.25, 0.3) is 0 Å². The van der Waals surface area contributed by atoms with Crippen molar-refractivity contribution in [3.05, 3.63) is 11.1 Å². The Bertz CT molecular complexity index is 363. The molecule has 0 aliphatic heterocycles. The topological polar surface area (TPSA) is 88.5 Å². The molecule has 1 rings (SSSR count). The van der Waals surface area contributed by atoms with Gasteiger partial charge in [0.25, 0.3) is 5.91 Å². The van der Waals surface area contributed by atoms with E-state index in [-0.39, 0.29) is 6.61 Å². The SMILES string of the molecule is Cc1cnc(NC(=O)COCC(=O)O)s1. The zero-order valence-corrected chi connectivity index (χ0v) is 8.84. The molecule has 0 aromatic carbocycles. The number of carbonyl (C=O) groups is 2. The highest BCUT2D eigenvalue weighted by Crippen LogP contribution is 2.15. The maximum Gasteiger partial charge on any atom is 0.329 e. The van der Waals surface area contributed by atoms with Crippen molar-refractivity contribution in [1.82, 2.24) is 4.98 Å². The third-order valence-corrected chi connectivity index (χ3v) is 2.15. The van der Waals surface area contributed by atoms with E-state index < -0.39 is 18.5 Å². The highest BCUT2D eigenvalue weighted by molar-refractivity contribution is 7.15. The van der Waals surface area contributed by atoms with Crippen molar-refractivity contribution in [2.24, 2.45) is 0 Å². The largest absolute Gasteiger partial charge is 0.480 e. The zero-order chi connectivity index (χ0) is 11.3. The van der Waals surface area contributed by atoms with Crippen LogP contribution in [0.3, 0.4) is 0 Å². The molecular formula is C8H10N2O4S. The molecule has 2 N–H and O–H groups in total. The zero-order valence-electron chi connectivity index (χ0n) is 8.02. The summed E-state index contributed by atoms with van der Waals surface area (Å²) in [6.45, 7) is 1.10. The van der Waals surface area contributed by atoms with Crippen molar-refractivity contribution in [1.29, 1.82) is 0 Å². The predicted molar refractivity (Wildman–Crippen MR) is 53.9 cm³/mol. The second kappa shape index (κ2) is 5.42. The summed E-state index contributed by atoms with van der Waals surface area (Å²) in [7, 11) is 0. The summed E-state index contributed by atoms with van der Waals surface area (Å²) in [5.74, 6) is -1.52. The van der Waals surface area contributed by atoms with Gasteiger partial charge in [0.15, 0.2) is 5.13 Å². The Hall–Kier alpha value is -1.47. The number of amides is 1. The second-order valence-electron chi connectivity index (χ2n) is 2.71. The van der Waals surface area contributed by atoms with Crippen molar-refractivity contribution in [3.8, 4) is 0 Å². The van der Waals surface area contributed by atoms with Crippen molar-refractivity contribution < 1.29 is 19.4 Å². The fourth-order valence-corrected chi connectivity index (χ4v) is 1.48. The number of nitrogens with zero attached hydrogens (tertiary/aromatic N) is 1. The summed E-state index contributed by atoms with van der Waals surface area (Å²) in [6, 6.07) is 0. The summed E-state index contributed by atoms with van der Waals surface area (Å²) >= 11 is 1.34. The molecule has 0 unspecified atom stereocenters. The molecule has 15 heavy (non-hydrogen) atoms. The van der Waals surface area contributed by atoms with E-state index in [0.29, 0.717) is 5.13 Å². The maximum atomic E-state index is 11.1. The van der Waals surface area contributed by atoms with Gasteiger partial charge in [0, 0.05) is 11.1 Å². The molecule has 0 spiro atoms. The van der Waals surface area contributed by atoms with Gasteiger partial charge in [-0.15, -0.1) is 11.3 Å². The van der Waals surface area contributed by atoms with E-state index in [1.54, 1.807) is 6.20 Å². The quantitative estimate of drug-likeness (QED) is 0.768. The lowest BCUT2D eigenvalue weighted by molar-refractivity contribution is -0.143. The van der Waals surface area contributed by atoms with Gasteiger partial charge in [0.05, 0.1) is 0 Å². The number of aryl methyl sites for hydroxylation is 1. The van der Waals surface area contributed by atoms with Crippen molar-refractivity contribution >= 4 is 28.3 Å². The molecule has 1 aromatic rings. The lowest BCUT2D eigenvalue weighted by Crippen LogP contribution is -2.20. The molecule has 7 heteroatoms. The number of nitrogens with one attached hydrogen (secondary N) is 1. The van der Waals surface area contributed by atoms with Crippen LogP contribution in [-0.4, -0.2) is 35.2 Å². The molecule has 0 atom stereocenters. The number of hydrogen-bond acceptors (Lipinski definition) is 5. The van der Waals surface area contributed by atoms with Gasteiger partial charge in [-0.25, -0.2) is 9.78 Å². The van der Waals surface area contributed by atoms with Gasteiger partial charge in [0.2, 0.25) is 0 Å². The van der Waals surface area contributed by atoms with E-state index in [1.807, 2.05) is 6.92 Å². The highest BCUT2D eigenvalue weighted by Gasteiger charge is 2.06. The molecule has 0 saturated carbocycles. The number of ether oxygens (including phenoxy) is 1. The monoisotopic (exact) mass is 230 g/mol. The number of carboxylic acids is 1. The molecule has 1 heterocycles. The number of aromatic nitrogens is 1. The lowest BCUT2D eigenvalue weighted by atomic mass is 10.6. The van der Waals surface area contributed by atoms with Crippen LogP contribution in [0.1, 0.15) is 4.88 Å². The van der Waals surface area contributed by atoms with Crippen LogP contribution in [0.5, 0.6) is 0 Å². The Morgan fingerprint density at radius 1 is 1.60 bits per heavy atom. The van der Waals surface area contributed by atoms with Crippen molar-refractivity contribution in [2.45, 2.75) is 6.92 Å². The Kier molecular flexibility index (Phi) is 4.19. The first-order chi connectivity index (χ1) is 7.08. The third kappa shape index (κ3) is 4.52. The normalized spacial score (nSPS) is 9.93. The smallest absolute Gasteiger partial charge is 0.329 e. The van der Waals surface area contributed by atoms with E-state index in [4.69, 9.17) is 5.11 Å². The molecule has 0 radical (unpaired) electrons. The minimum atomic E-state index is -1.10. The number of carboxylic acid groups (broad SMARTS) is 1. The Labute approximate surface area is 89.9 Å². The summed E-state index contributed by atoms with van der Waals surface area (Å²) in [6.07, 6.45) is 1.64. The van der Waals surface area contributed by atoms with Gasteiger partial charge < -0.3 is 9.84 Å². The third-order valence-electron chi connectivity index (χ3n) is 1.33. The van der Waals surface area contributed by atoms with Gasteiger partial charge in [0.1, 0.15) is 13.2 Å². The molecule has 0 fully saturated rings. The molecule has 0 bridgehead atoms. The first kappa shape index (κ1) is 11.6. The number of carbonyl (C=O) groups excluding carboxylic acids is 1. The van der Waals surface area contributed by atoms with E-state index in [2.05, 4.69) is 15.0 Å². The summed E-state index contributed by atoms with van der Waals surface area (Å²) in [4.78, 5) is 26.1. The van der Waals surface area contributed by atoms with Gasteiger partial charge in [-0.2, -0.15) is 0 Å². The second-order valence-corrected chi connectivity index (χ2v) is 3.95. The fourth-order valence-electron chi connectivity index (χ4n) is 0.799. The molecule has 1 aromatic heterocycles. The van der Waals surface area contributed by atoms with Crippen LogP contribution >= 0.6 is 11.3 Å². The fraction of sp³-hybridized carbons (Fsp3) is 0.375. The van der Waals surface area contributed by atoms with Crippen LogP contribution in [0, 0.1) is 6.92 Å². The van der Waals surface area contributed by atoms with Crippen LogP contribution in [0.4, 0.5) is 5.13 Å². The van der Waals surface area contributed by atoms with E-state index >= 15 is 0 Å². The van der Waals surface area contributed by atoms with Crippen molar-refractivity contribution in [2.75, 3.05) is 18.5 Å². The van der Waals surface area contributed by atoms with Crippen LogP contribution in [0.2, 0.25) is 0 Å². The van der Waals surface area contributed by atoms with Crippen LogP contribution in [-0.2, 0) is 14.3 Å². The number of hydrogen-bond donors (Lipinski definition) is 2. The predicted octanol–water partition coefficient (Wildman–Crippen LogP) is 0.491. The Balaban J connectivity index is 2.27. The lowest BCUT2D eigenvalue weighted by Gasteiger charge is -2.00. The minimum Gasteiger partial charge on any atom is -0.480 e. The van der Waals surface area contributed by atoms with E-state index in [0.717, 1.165) is 4.88 Å². The number of rotatable bonds is 5. The summed E-state index contributed by atoms with van der Waals surface area (Å²) in [5, 5.41) is 11.2. The van der Waals surface area contributed by atoms with E-state index in [9.17, 15) is 9.59 Å². The molecule has 0 aliphatic carbocycles. The van der Waals surface area contributed by atoms with Gasteiger partial charge in [-0.3, -0.25) is 10.1 Å².